The van der Waals surface area contributed by atoms with E-state index in [1.54, 1.807) is 18.2 Å². The lowest BCUT2D eigenvalue weighted by molar-refractivity contribution is -0.185. The molecule has 2 aliphatic heterocycles. The molecule has 10 heteroatoms. The third-order valence-electron chi connectivity index (χ3n) is 6.83. The minimum absolute atomic E-state index is 0.0552. The van der Waals surface area contributed by atoms with Crippen LogP contribution in [0.2, 0.25) is 0 Å². The Kier molecular flexibility index (Phi) is 3.78. The first kappa shape index (κ1) is 19.7. The van der Waals surface area contributed by atoms with Crippen molar-refractivity contribution in [2.75, 3.05) is 7.11 Å². The van der Waals surface area contributed by atoms with Crippen molar-refractivity contribution >= 4 is 28.4 Å². The Labute approximate surface area is 184 Å². The SMILES string of the molecule is COC(=O)[C@@]12Oc3cc4c(c(O)c3C(=O)C1C(=O)CC[C@@H]2O)-c1cccc2c(=O)on(c12)C4. The maximum atomic E-state index is 13.6. The number of hydrogen-bond donors (Lipinski definition) is 2. The van der Waals surface area contributed by atoms with Gasteiger partial charge in [0, 0.05) is 17.5 Å². The number of fused-ring (bicyclic) bond motifs is 4. The number of phenolic OH excluding ortho intramolecular Hbond substituents is 1. The summed E-state index contributed by atoms with van der Waals surface area (Å²) in [4.78, 5) is 51.4. The van der Waals surface area contributed by atoms with Crippen molar-refractivity contribution < 1.29 is 38.6 Å². The predicted molar refractivity (Wildman–Crippen MR) is 110 cm³/mol. The molecule has 3 atom stereocenters. The van der Waals surface area contributed by atoms with Crippen molar-refractivity contribution in [1.29, 1.82) is 0 Å². The van der Waals surface area contributed by atoms with Crippen molar-refractivity contribution in [3.8, 4) is 22.6 Å². The average Bonchev–Trinajstić information content (AvgIpc) is 3.11. The zero-order valence-corrected chi connectivity index (χ0v) is 17.3. The minimum Gasteiger partial charge on any atom is -0.506 e. The van der Waals surface area contributed by atoms with Crippen LogP contribution in [0, 0.1) is 5.92 Å². The van der Waals surface area contributed by atoms with Gasteiger partial charge >= 0.3 is 11.6 Å². The number of carbonyl (C=O) groups excluding carboxylic acids is 3. The van der Waals surface area contributed by atoms with E-state index in [2.05, 4.69) is 0 Å². The highest BCUT2D eigenvalue weighted by molar-refractivity contribution is 6.19. The summed E-state index contributed by atoms with van der Waals surface area (Å²) in [5.41, 5.74) is -1.30. The van der Waals surface area contributed by atoms with Crippen LogP contribution >= 0.6 is 0 Å². The second kappa shape index (κ2) is 6.32. The zero-order chi connectivity index (χ0) is 23.2. The number of ether oxygens (including phenoxy) is 2. The van der Waals surface area contributed by atoms with Gasteiger partial charge < -0.3 is 24.2 Å². The lowest BCUT2D eigenvalue weighted by atomic mass is 9.67. The molecule has 3 heterocycles. The number of esters is 1. The predicted octanol–water partition coefficient (Wildman–Crippen LogP) is 1.16. The fourth-order valence-corrected chi connectivity index (χ4v) is 5.40. The van der Waals surface area contributed by atoms with E-state index < -0.39 is 46.5 Å². The fourth-order valence-electron chi connectivity index (χ4n) is 5.40. The summed E-state index contributed by atoms with van der Waals surface area (Å²) in [5.74, 6) is -4.69. The molecule has 1 aromatic heterocycles. The van der Waals surface area contributed by atoms with Gasteiger partial charge in [-0.3, -0.25) is 9.59 Å². The van der Waals surface area contributed by atoms with Crippen LogP contribution in [0.15, 0.2) is 33.6 Å². The molecule has 0 saturated heterocycles. The Hall–Kier alpha value is -3.92. The highest BCUT2D eigenvalue weighted by Crippen LogP contribution is 2.52. The smallest absolute Gasteiger partial charge is 0.365 e. The van der Waals surface area contributed by atoms with E-state index in [4.69, 9.17) is 14.0 Å². The number of rotatable bonds is 1. The van der Waals surface area contributed by atoms with Gasteiger partial charge in [0.1, 0.15) is 34.9 Å². The molecule has 1 saturated carbocycles. The van der Waals surface area contributed by atoms with Crippen molar-refractivity contribution in [2.24, 2.45) is 5.92 Å². The van der Waals surface area contributed by atoms with E-state index in [0.717, 1.165) is 7.11 Å². The first-order valence-corrected chi connectivity index (χ1v) is 10.3. The van der Waals surface area contributed by atoms with Gasteiger partial charge in [0.2, 0.25) is 5.60 Å². The number of Topliss-reactive ketones (excluding diaryl/α,β-unsaturated/α-hetero) is 2. The minimum atomic E-state index is -2.24. The molecule has 0 spiro atoms. The fraction of sp³-hybridized carbons (Fsp3) is 0.304. The Morgan fingerprint density at radius 2 is 2.03 bits per heavy atom. The van der Waals surface area contributed by atoms with Crippen molar-refractivity contribution in [2.45, 2.75) is 31.1 Å². The number of para-hydroxylation sites is 1. The number of aromatic hydroxyl groups is 1. The number of phenols is 1. The first-order valence-electron chi connectivity index (χ1n) is 10.3. The topological polar surface area (TPSA) is 145 Å². The molecule has 0 radical (unpaired) electrons. The highest BCUT2D eigenvalue weighted by Gasteiger charge is 2.65. The van der Waals surface area contributed by atoms with Crippen LogP contribution in [0.3, 0.4) is 0 Å². The van der Waals surface area contributed by atoms with Crippen molar-refractivity contribution in [1.82, 2.24) is 4.74 Å². The van der Waals surface area contributed by atoms with Gasteiger partial charge in [-0.2, -0.15) is 0 Å². The summed E-state index contributed by atoms with van der Waals surface area (Å²) in [6.45, 7) is 0.0552. The van der Waals surface area contributed by atoms with Gasteiger partial charge in [0.25, 0.3) is 0 Å². The van der Waals surface area contributed by atoms with Crippen LogP contribution in [-0.2, 0) is 20.9 Å². The number of benzene rings is 2. The van der Waals surface area contributed by atoms with Crippen LogP contribution in [0.25, 0.3) is 22.0 Å². The third-order valence-corrected chi connectivity index (χ3v) is 6.83. The van der Waals surface area contributed by atoms with E-state index in [1.165, 1.54) is 10.8 Å². The number of hydrogen-bond acceptors (Lipinski definition) is 9. The maximum absolute atomic E-state index is 13.6. The molecular formula is C23H17NO9. The van der Waals surface area contributed by atoms with Crippen LogP contribution in [0.4, 0.5) is 0 Å². The van der Waals surface area contributed by atoms with Crippen molar-refractivity contribution in [3.63, 3.8) is 0 Å². The van der Waals surface area contributed by atoms with Gasteiger partial charge in [0.15, 0.2) is 5.78 Å². The van der Waals surface area contributed by atoms with Crippen LogP contribution in [-0.4, -0.2) is 51.3 Å². The van der Waals surface area contributed by atoms with Gasteiger partial charge in [-0.15, -0.1) is 0 Å². The summed E-state index contributed by atoms with van der Waals surface area (Å²) in [6, 6.07) is 6.37. The largest absolute Gasteiger partial charge is 0.506 e. The molecule has 10 nitrogen and oxygen atoms in total. The number of nitrogens with zero attached hydrogens (tertiary/aromatic N) is 1. The van der Waals surface area contributed by atoms with Crippen LogP contribution in [0.1, 0.15) is 28.8 Å². The van der Waals surface area contributed by atoms with E-state index in [9.17, 15) is 29.4 Å². The molecule has 0 bridgehead atoms. The van der Waals surface area contributed by atoms with Gasteiger partial charge in [-0.25, -0.2) is 14.3 Å². The summed E-state index contributed by atoms with van der Waals surface area (Å²) >= 11 is 0. The molecule has 2 N–H and O–H groups in total. The van der Waals surface area contributed by atoms with E-state index in [1.807, 2.05) is 0 Å². The zero-order valence-electron chi connectivity index (χ0n) is 17.3. The lowest BCUT2D eigenvalue weighted by Gasteiger charge is -2.46. The molecule has 168 valence electrons. The second-order valence-corrected chi connectivity index (χ2v) is 8.45. The third kappa shape index (κ3) is 2.25. The molecule has 1 aliphatic carbocycles. The van der Waals surface area contributed by atoms with Gasteiger partial charge in [0.05, 0.1) is 24.6 Å². The number of ketones is 2. The maximum Gasteiger partial charge on any atom is 0.365 e. The number of methoxy groups -OCH3 is 1. The Balaban J connectivity index is 1.64. The van der Waals surface area contributed by atoms with E-state index in [-0.39, 0.29) is 30.7 Å². The lowest BCUT2D eigenvalue weighted by Crippen LogP contribution is -2.68. The van der Waals surface area contributed by atoms with Gasteiger partial charge in [-0.05, 0) is 24.1 Å². The molecule has 0 amide bonds. The number of aliphatic hydroxyl groups is 1. The summed E-state index contributed by atoms with van der Waals surface area (Å²) in [6.07, 6.45) is -1.67. The van der Waals surface area contributed by atoms with Gasteiger partial charge in [-0.1, -0.05) is 12.1 Å². The normalized spacial score (nSPS) is 25.2. The van der Waals surface area contributed by atoms with E-state index >= 15 is 0 Å². The summed E-state index contributed by atoms with van der Waals surface area (Å²) in [7, 11) is 1.07. The highest BCUT2D eigenvalue weighted by atomic mass is 16.6. The summed E-state index contributed by atoms with van der Waals surface area (Å²) < 4.78 is 17.4. The molecule has 3 aromatic rings. The molecular weight excluding hydrogens is 434 g/mol. The first-order chi connectivity index (χ1) is 15.8. The number of carbonyl (C=O) groups is 3. The molecule has 1 unspecified atom stereocenters. The molecule has 6 rings (SSSR count). The Bertz CT molecular complexity index is 1480. The van der Waals surface area contributed by atoms with Crippen LogP contribution in [0.5, 0.6) is 11.5 Å². The summed E-state index contributed by atoms with van der Waals surface area (Å²) in [5, 5.41) is 22.3. The Morgan fingerprint density at radius 3 is 2.79 bits per heavy atom. The monoisotopic (exact) mass is 451 g/mol. The van der Waals surface area contributed by atoms with Crippen molar-refractivity contribution in [3.05, 3.63) is 45.8 Å². The standard InChI is InChI=1S/C23H17NO9/c1-31-22(30)23-14(26)6-5-12(25)17(23)20(28)16-13(32-23)7-9-8-24-18-10(15(9)19(16)27)3-2-4-11(18)21(29)33-24/h2-4,7,14,17,26-27H,5-6,8H2,1H3/t14-,17?,23-/m0/s1. The van der Waals surface area contributed by atoms with Crippen LogP contribution < -0.4 is 10.4 Å². The second-order valence-electron chi connectivity index (χ2n) is 8.45. The quantitative estimate of drug-likeness (QED) is 0.321. The average molecular weight is 451 g/mol. The molecule has 1 fully saturated rings. The molecule has 33 heavy (non-hydrogen) atoms. The number of aliphatic hydroxyl groups excluding tert-OH is 1. The van der Waals surface area contributed by atoms with E-state index in [0.29, 0.717) is 27.6 Å². The molecule has 3 aliphatic rings. The number of aromatic nitrogens is 1. The Morgan fingerprint density at radius 1 is 1.24 bits per heavy atom. The molecule has 2 aromatic carbocycles.